The van der Waals surface area contributed by atoms with Gasteiger partial charge in [0.15, 0.2) is 0 Å². The van der Waals surface area contributed by atoms with E-state index in [1.807, 2.05) is 58.1 Å². The van der Waals surface area contributed by atoms with Gasteiger partial charge in [-0.05, 0) is 25.1 Å². The second-order valence-electron chi connectivity index (χ2n) is 7.91. The summed E-state index contributed by atoms with van der Waals surface area (Å²) in [6.07, 6.45) is 10.1. The van der Waals surface area contributed by atoms with Crippen molar-refractivity contribution in [2.24, 2.45) is 14.1 Å². The third kappa shape index (κ3) is 3.51. The van der Waals surface area contributed by atoms with Crippen LogP contribution in [0.2, 0.25) is 0 Å². The number of hydrogen-bond donors (Lipinski definition) is 0. The molecule has 0 N–H and O–H groups in total. The second-order valence-corrected chi connectivity index (χ2v) is 7.91. The van der Waals surface area contributed by atoms with E-state index < -0.39 is 0 Å². The molecule has 0 unspecified atom stereocenters. The van der Waals surface area contributed by atoms with E-state index in [1.54, 1.807) is 11.8 Å². The van der Waals surface area contributed by atoms with Gasteiger partial charge in [-0.15, -0.1) is 0 Å². The van der Waals surface area contributed by atoms with Gasteiger partial charge in [-0.2, -0.15) is 5.10 Å². The highest BCUT2D eigenvalue weighted by atomic mass is 16.5. The molecule has 0 atom stereocenters. The van der Waals surface area contributed by atoms with Crippen LogP contribution in [0.25, 0.3) is 33.3 Å². The zero-order chi connectivity index (χ0) is 22.2. The van der Waals surface area contributed by atoms with E-state index in [2.05, 4.69) is 43.9 Å². The summed E-state index contributed by atoms with van der Waals surface area (Å²) < 4.78 is 9.59. The molecule has 0 saturated carbocycles. The van der Waals surface area contributed by atoms with Gasteiger partial charge < -0.3 is 9.30 Å². The molecular weight excluding hydrogens is 400 g/mol. The third-order valence-electron chi connectivity index (χ3n) is 5.86. The van der Waals surface area contributed by atoms with Crippen molar-refractivity contribution in [2.45, 2.75) is 13.3 Å². The van der Waals surface area contributed by atoms with E-state index in [-0.39, 0.29) is 0 Å². The fourth-order valence-corrected chi connectivity index (χ4v) is 3.99. The van der Waals surface area contributed by atoms with E-state index in [0.29, 0.717) is 6.42 Å². The van der Waals surface area contributed by atoms with Crippen LogP contribution >= 0.6 is 0 Å². The maximum Gasteiger partial charge on any atom is 0.123 e. The molecule has 0 amide bonds. The van der Waals surface area contributed by atoms with Crippen LogP contribution < -0.4 is 4.74 Å². The average Bonchev–Trinajstić information content (AvgIpc) is 3.39. The molecule has 4 aromatic heterocycles. The number of benzene rings is 1. The Hall–Kier alpha value is -4.00. The van der Waals surface area contributed by atoms with Crippen LogP contribution in [0.15, 0.2) is 61.3 Å². The van der Waals surface area contributed by atoms with E-state index in [0.717, 1.165) is 56.1 Å². The van der Waals surface area contributed by atoms with Crippen LogP contribution in [-0.2, 0) is 20.5 Å². The summed E-state index contributed by atoms with van der Waals surface area (Å²) in [7, 11) is 5.63. The van der Waals surface area contributed by atoms with E-state index >= 15 is 0 Å². The SMILES string of the molecule is COc1cc(-c2cnc(C)n2C)ccc1Cc1cc2c(-c3cnn(C)c3)nccc2cn1. The molecule has 0 bridgehead atoms. The quantitative estimate of drug-likeness (QED) is 0.420. The molecule has 4 heterocycles. The molecule has 0 radical (unpaired) electrons. The van der Waals surface area contributed by atoms with Gasteiger partial charge in [0, 0.05) is 72.3 Å². The molecule has 0 aliphatic heterocycles. The number of aryl methyl sites for hydroxylation is 2. The van der Waals surface area contributed by atoms with Crippen LogP contribution in [-0.4, -0.2) is 36.4 Å². The number of nitrogens with zero attached hydrogens (tertiary/aromatic N) is 6. The highest BCUT2D eigenvalue weighted by Crippen LogP contribution is 2.30. The summed E-state index contributed by atoms with van der Waals surface area (Å²) in [6, 6.07) is 10.4. The van der Waals surface area contributed by atoms with Crippen molar-refractivity contribution in [3.05, 3.63) is 78.4 Å². The van der Waals surface area contributed by atoms with Gasteiger partial charge in [-0.3, -0.25) is 14.6 Å². The predicted octanol–water partition coefficient (Wildman–Crippen LogP) is 4.34. The number of imidazole rings is 1. The lowest BCUT2D eigenvalue weighted by Crippen LogP contribution is -1.99. The lowest BCUT2D eigenvalue weighted by atomic mass is 10.0. The van der Waals surface area contributed by atoms with Crippen molar-refractivity contribution < 1.29 is 4.74 Å². The zero-order valence-electron chi connectivity index (χ0n) is 18.6. The minimum Gasteiger partial charge on any atom is -0.496 e. The smallest absolute Gasteiger partial charge is 0.123 e. The maximum absolute atomic E-state index is 5.73. The molecule has 0 aliphatic carbocycles. The average molecular weight is 425 g/mol. The summed E-state index contributed by atoms with van der Waals surface area (Å²) in [5, 5.41) is 6.41. The van der Waals surface area contributed by atoms with Gasteiger partial charge in [0.2, 0.25) is 0 Å². The Morgan fingerprint density at radius 1 is 0.938 bits per heavy atom. The van der Waals surface area contributed by atoms with Gasteiger partial charge in [-0.1, -0.05) is 12.1 Å². The fourth-order valence-electron chi connectivity index (χ4n) is 3.99. The number of ether oxygens (including phenoxy) is 1. The number of hydrogen-bond acceptors (Lipinski definition) is 5. The summed E-state index contributed by atoms with van der Waals surface area (Å²) in [5.74, 6) is 1.81. The van der Waals surface area contributed by atoms with E-state index in [9.17, 15) is 0 Å². The molecule has 0 saturated heterocycles. The molecular formula is C25H24N6O. The van der Waals surface area contributed by atoms with Crippen LogP contribution in [0.4, 0.5) is 0 Å². The Kier molecular flexibility index (Phi) is 4.93. The highest BCUT2D eigenvalue weighted by Gasteiger charge is 2.13. The fraction of sp³-hybridized carbons (Fsp3) is 0.200. The number of fused-ring (bicyclic) bond motifs is 1. The Bertz CT molecular complexity index is 1430. The molecule has 7 heteroatoms. The highest BCUT2D eigenvalue weighted by molar-refractivity contribution is 5.94. The van der Waals surface area contributed by atoms with Gasteiger partial charge in [0.25, 0.3) is 0 Å². The van der Waals surface area contributed by atoms with E-state index in [4.69, 9.17) is 9.72 Å². The molecule has 0 aliphatic rings. The Balaban J connectivity index is 1.52. The summed E-state index contributed by atoms with van der Waals surface area (Å²) in [4.78, 5) is 13.7. The molecule has 32 heavy (non-hydrogen) atoms. The molecule has 160 valence electrons. The van der Waals surface area contributed by atoms with Gasteiger partial charge in [0.05, 0.1) is 30.9 Å². The number of methoxy groups -OCH3 is 1. The van der Waals surface area contributed by atoms with Crippen molar-refractivity contribution in [3.8, 4) is 28.3 Å². The Morgan fingerprint density at radius 3 is 2.53 bits per heavy atom. The number of rotatable bonds is 5. The maximum atomic E-state index is 5.73. The first-order valence-corrected chi connectivity index (χ1v) is 10.4. The van der Waals surface area contributed by atoms with Crippen molar-refractivity contribution in [1.29, 1.82) is 0 Å². The van der Waals surface area contributed by atoms with Crippen LogP contribution in [0, 0.1) is 6.92 Å². The topological polar surface area (TPSA) is 70.7 Å². The van der Waals surface area contributed by atoms with E-state index in [1.165, 1.54) is 0 Å². The monoisotopic (exact) mass is 424 g/mol. The van der Waals surface area contributed by atoms with Crippen molar-refractivity contribution in [2.75, 3.05) is 7.11 Å². The second kappa shape index (κ2) is 7.92. The molecule has 0 spiro atoms. The largest absolute Gasteiger partial charge is 0.496 e. The third-order valence-corrected chi connectivity index (χ3v) is 5.86. The lowest BCUT2D eigenvalue weighted by Gasteiger charge is -2.12. The molecule has 0 fully saturated rings. The predicted molar refractivity (Wildman–Crippen MR) is 124 cm³/mol. The first-order chi connectivity index (χ1) is 15.5. The van der Waals surface area contributed by atoms with Crippen molar-refractivity contribution in [3.63, 3.8) is 0 Å². The number of aromatic nitrogens is 6. The summed E-state index contributed by atoms with van der Waals surface area (Å²) >= 11 is 0. The van der Waals surface area contributed by atoms with Gasteiger partial charge >= 0.3 is 0 Å². The van der Waals surface area contributed by atoms with Gasteiger partial charge in [-0.25, -0.2) is 4.98 Å². The Labute approximate surface area is 186 Å². The first kappa shape index (κ1) is 19.9. The summed E-state index contributed by atoms with van der Waals surface area (Å²) in [5.41, 5.74) is 6.07. The minimum absolute atomic E-state index is 0.658. The summed E-state index contributed by atoms with van der Waals surface area (Å²) in [6.45, 7) is 2.00. The van der Waals surface area contributed by atoms with Crippen molar-refractivity contribution >= 4 is 10.8 Å². The van der Waals surface area contributed by atoms with Gasteiger partial charge in [0.1, 0.15) is 11.6 Å². The first-order valence-electron chi connectivity index (χ1n) is 10.4. The lowest BCUT2D eigenvalue weighted by molar-refractivity contribution is 0.410. The zero-order valence-corrected chi connectivity index (χ0v) is 18.6. The molecule has 1 aromatic carbocycles. The molecule has 5 rings (SSSR count). The normalized spacial score (nSPS) is 11.2. The van der Waals surface area contributed by atoms with Crippen molar-refractivity contribution in [1.82, 2.24) is 29.3 Å². The standard InChI is InChI=1S/C25H24N6O/c1-16-27-14-23(31(16)3)17-5-6-18(24(10-17)32-4)9-21-11-22-19(12-28-21)7-8-26-25(22)20-13-29-30(2)15-20/h5-8,10-15H,9H2,1-4H3. The molecule has 7 nitrogen and oxygen atoms in total. The molecule has 5 aromatic rings. The minimum atomic E-state index is 0.658. The van der Waals surface area contributed by atoms with Crippen LogP contribution in [0.3, 0.4) is 0 Å². The van der Waals surface area contributed by atoms with Crippen LogP contribution in [0.5, 0.6) is 5.75 Å². The Morgan fingerprint density at radius 2 is 1.81 bits per heavy atom. The number of pyridine rings is 2. The van der Waals surface area contributed by atoms with Crippen LogP contribution in [0.1, 0.15) is 17.1 Å².